The fraction of sp³-hybridized carbons (Fsp3) is 0.708. The van der Waals surface area contributed by atoms with Gasteiger partial charge in [-0.15, -0.1) is 0 Å². The number of benzene rings is 1. The average molecular weight is 429 g/mol. The van der Waals surface area contributed by atoms with E-state index >= 15 is 0 Å². The van der Waals surface area contributed by atoms with Crippen LogP contribution in [0.15, 0.2) is 24.3 Å². The van der Waals surface area contributed by atoms with Crippen molar-refractivity contribution in [3.05, 3.63) is 29.8 Å². The van der Waals surface area contributed by atoms with Gasteiger partial charge in [0, 0.05) is 18.4 Å². The number of ether oxygens (including phenoxy) is 1. The largest absolute Gasteiger partial charge is 0.494 e. The molecule has 1 aromatic carbocycles. The van der Waals surface area contributed by atoms with Crippen LogP contribution in [0.2, 0.25) is 0 Å². The van der Waals surface area contributed by atoms with E-state index in [0.29, 0.717) is 18.8 Å². The van der Waals surface area contributed by atoms with Gasteiger partial charge in [0.1, 0.15) is 5.60 Å². The van der Waals surface area contributed by atoms with Gasteiger partial charge in [0.25, 0.3) is 0 Å². The Morgan fingerprint density at radius 1 is 1.06 bits per heavy atom. The Bertz CT molecular complexity index is 832. The molecule has 4 rings (SSSR count). The lowest BCUT2D eigenvalue weighted by atomic mass is 9.61. The third kappa shape index (κ3) is 4.24. The molecule has 0 bridgehead atoms. The van der Waals surface area contributed by atoms with Crippen LogP contribution in [0.3, 0.4) is 0 Å². The van der Waals surface area contributed by atoms with Gasteiger partial charge >= 0.3 is 13.2 Å². The summed E-state index contributed by atoms with van der Waals surface area (Å²) in [5.74, 6) is 0.318. The van der Waals surface area contributed by atoms with Crippen molar-refractivity contribution in [2.45, 2.75) is 102 Å². The monoisotopic (exact) mass is 429 g/mol. The highest BCUT2D eigenvalue weighted by Gasteiger charge is 2.63. The van der Waals surface area contributed by atoms with Crippen LogP contribution in [0.5, 0.6) is 0 Å². The zero-order chi connectivity index (χ0) is 22.9. The summed E-state index contributed by atoms with van der Waals surface area (Å²) in [5.41, 5.74) is -0.945. The van der Waals surface area contributed by atoms with Gasteiger partial charge in [-0.05, 0) is 78.3 Å². The summed E-state index contributed by atoms with van der Waals surface area (Å²) in [7, 11) is -0.440. The molecule has 170 valence electrons. The van der Waals surface area contributed by atoms with Gasteiger partial charge in [0.2, 0.25) is 0 Å². The third-order valence-electron chi connectivity index (χ3n) is 7.25. The molecule has 3 aliphatic rings. The molecule has 0 spiro atoms. The molecule has 2 aliphatic carbocycles. The molecular formula is C24H36BNO5. The van der Waals surface area contributed by atoms with Crippen LogP contribution in [0.4, 0.5) is 4.79 Å². The highest BCUT2D eigenvalue weighted by molar-refractivity contribution is 6.62. The summed E-state index contributed by atoms with van der Waals surface area (Å²) in [6.45, 7) is 13.9. The predicted octanol–water partition coefficient (Wildman–Crippen LogP) is 3.64. The molecule has 1 heterocycles. The number of aliphatic hydroxyl groups is 1. The number of amides is 1. The minimum absolute atomic E-state index is 0.318. The van der Waals surface area contributed by atoms with Gasteiger partial charge in [-0.1, -0.05) is 24.3 Å². The first-order chi connectivity index (χ1) is 14.1. The topological polar surface area (TPSA) is 77.0 Å². The zero-order valence-corrected chi connectivity index (χ0v) is 19.9. The Kier molecular flexibility index (Phi) is 5.08. The number of alkyl carbamates (subject to hydrolysis) is 1. The molecular weight excluding hydrogens is 393 g/mol. The van der Waals surface area contributed by atoms with E-state index in [2.05, 4.69) is 5.32 Å². The minimum atomic E-state index is -0.818. The Labute approximate surface area is 186 Å². The highest BCUT2D eigenvalue weighted by Crippen LogP contribution is 2.59. The standard InChI is InChI=1S/C24H36BNO5/c1-20(2,3)26-19(27)29-24(14-23(28,15-24)16-8-9-16)17-10-12-18(13-11-17)25-30-21(4,5)22(6,7)31-25/h10-13,16,28H,8-9,14-15H2,1-7H3,(H,26,27). The van der Waals surface area contributed by atoms with Gasteiger partial charge in [0.15, 0.2) is 0 Å². The summed E-state index contributed by atoms with van der Waals surface area (Å²) < 4.78 is 18.3. The highest BCUT2D eigenvalue weighted by atomic mass is 16.7. The molecule has 1 saturated heterocycles. The zero-order valence-electron chi connectivity index (χ0n) is 19.9. The Balaban J connectivity index is 1.54. The molecule has 2 saturated carbocycles. The van der Waals surface area contributed by atoms with E-state index in [1.54, 1.807) is 0 Å². The maximum Gasteiger partial charge on any atom is 0.494 e. The van der Waals surface area contributed by atoms with Crippen LogP contribution >= 0.6 is 0 Å². The van der Waals surface area contributed by atoms with Crippen molar-refractivity contribution >= 4 is 18.7 Å². The van der Waals surface area contributed by atoms with E-state index in [4.69, 9.17) is 14.0 Å². The van der Waals surface area contributed by atoms with Crippen LogP contribution in [-0.2, 0) is 19.6 Å². The lowest BCUT2D eigenvalue weighted by Gasteiger charge is -2.53. The van der Waals surface area contributed by atoms with Gasteiger partial charge < -0.3 is 24.5 Å². The molecule has 0 atom stereocenters. The second kappa shape index (κ2) is 6.96. The van der Waals surface area contributed by atoms with E-state index in [-0.39, 0.29) is 0 Å². The fourth-order valence-electron chi connectivity index (χ4n) is 4.61. The molecule has 0 radical (unpaired) electrons. The van der Waals surface area contributed by atoms with Crippen molar-refractivity contribution in [1.29, 1.82) is 0 Å². The second-order valence-corrected chi connectivity index (χ2v) is 11.7. The van der Waals surface area contributed by atoms with Crippen molar-refractivity contribution in [3.63, 3.8) is 0 Å². The fourth-order valence-corrected chi connectivity index (χ4v) is 4.61. The van der Waals surface area contributed by atoms with E-state index in [9.17, 15) is 9.90 Å². The summed E-state index contributed by atoms with van der Waals surface area (Å²) in [6, 6.07) is 7.88. The Morgan fingerprint density at radius 2 is 1.58 bits per heavy atom. The summed E-state index contributed by atoms with van der Waals surface area (Å²) in [6.07, 6.45) is 2.49. The van der Waals surface area contributed by atoms with E-state index in [1.165, 1.54) is 0 Å². The van der Waals surface area contributed by atoms with Crippen molar-refractivity contribution < 1.29 is 23.9 Å². The van der Waals surface area contributed by atoms with Gasteiger partial charge in [-0.2, -0.15) is 0 Å². The molecule has 3 fully saturated rings. The lowest BCUT2D eigenvalue weighted by molar-refractivity contribution is -0.196. The minimum Gasteiger partial charge on any atom is -0.438 e. The van der Waals surface area contributed by atoms with Crippen LogP contribution in [0.1, 0.15) is 79.7 Å². The lowest BCUT2D eigenvalue weighted by Crippen LogP contribution is -2.59. The van der Waals surface area contributed by atoms with Crippen LogP contribution < -0.4 is 10.8 Å². The molecule has 31 heavy (non-hydrogen) atoms. The normalized spacial score (nSPS) is 31.8. The molecule has 7 heteroatoms. The first-order valence-electron chi connectivity index (χ1n) is 11.3. The molecule has 0 unspecified atom stereocenters. The first-order valence-corrected chi connectivity index (χ1v) is 11.3. The van der Waals surface area contributed by atoms with Crippen molar-refractivity contribution in [2.24, 2.45) is 5.92 Å². The van der Waals surface area contributed by atoms with E-state index in [0.717, 1.165) is 23.9 Å². The number of carbonyl (C=O) groups is 1. The SMILES string of the molecule is CC(C)(C)NC(=O)OC1(c2ccc(B3OC(C)(C)C(C)(C)O3)cc2)CC(O)(C2CC2)C1. The van der Waals surface area contributed by atoms with Gasteiger partial charge in [-0.3, -0.25) is 0 Å². The smallest absolute Gasteiger partial charge is 0.438 e. The van der Waals surface area contributed by atoms with Crippen molar-refractivity contribution in [1.82, 2.24) is 5.32 Å². The molecule has 1 aliphatic heterocycles. The van der Waals surface area contributed by atoms with E-state index in [1.807, 2.05) is 72.7 Å². The number of nitrogens with one attached hydrogen (secondary N) is 1. The molecule has 2 N–H and O–H groups in total. The molecule has 1 amide bonds. The maximum absolute atomic E-state index is 12.6. The number of rotatable bonds is 4. The third-order valence-corrected chi connectivity index (χ3v) is 7.25. The summed E-state index contributed by atoms with van der Waals surface area (Å²) in [4.78, 5) is 12.6. The van der Waals surface area contributed by atoms with Crippen LogP contribution in [-0.4, -0.2) is 40.7 Å². The van der Waals surface area contributed by atoms with E-state index < -0.39 is 41.2 Å². The predicted molar refractivity (Wildman–Crippen MR) is 120 cm³/mol. The first kappa shape index (κ1) is 22.6. The molecule has 0 aromatic heterocycles. The molecule has 6 nitrogen and oxygen atoms in total. The number of hydrogen-bond donors (Lipinski definition) is 2. The summed E-state index contributed by atoms with van der Waals surface area (Å²) in [5, 5.41) is 13.9. The average Bonchev–Trinajstić information content (AvgIpc) is 3.39. The van der Waals surface area contributed by atoms with Crippen molar-refractivity contribution in [3.8, 4) is 0 Å². The number of hydrogen-bond acceptors (Lipinski definition) is 5. The second-order valence-electron chi connectivity index (χ2n) is 11.7. The van der Waals surface area contributed by atoms with Gasteiger partial charge in [0.05, 0.1) is 16.8 Å². The van der Waals surface area contributed by atoms with Crippen LogP contribution in [0, 0.1) is 5.92 Å². The quantitative estimate of drug-likeness (QED) is 0.715. The Hall–Kier alpha value is -1.57. The summed E-state index contributed by atoms with van der Waals surface area (Å²) >= 11 is 0. The molecule has 1 aromatic rings. The maximum atomic E-state index is 12.6. The van der Waals surface area contributed by atoms with Gasteiger partial charge in [-0.25, -0.2) is 4.79 Å². The van der Waals surface area contributed by atoms with Crippen LogP contribution in [0.25, 0.3) is 0 Å². The van der Waals surface area contributed by atoms with Crippen molar-refractivity contribution in [2.75, 3.05) is 0 Å². The Morgan fingerprint density at radius 3 is 2.03 bits per heavy atom. The number of carbonyl (C=O) groups excluding carboxylic acids is 1.